The van der Waals surface area contributed by atoms with Crippen LogP contribution in [0.3, 0.4) is 0 Å². The number of phenols is 1. The Labute approximate surface area is 807 Å². The SMILES string of the molecule is Cc1cccc2c1nc(-c1ccc(-c3cc4ccccc4c4ccccc34)cc1)c1ccc3ccccc3c12.Oc1cccc2c1nc(-c1ccc(-c3cc4ccccc4c4ccccc34)cc1)c1ccc3ccccc3c12.c1ccc(-c2nc(-c3ccccc3)nc(-c3ccc(-c4cccc5c4nc(-c4ccc(-c6cc7ccccc7c7ccccc67)cc4)c4ccc6ccccc6c45)cc3)n2)cc1. The van der Waals surface area contributed by atoms with Crippen LogP contribution in [0.15, 0.2) is 485 Å². The van der Waals surface area contributed by atoms with E-state index >= 15 is 0 Å². The summed E-state index contributed by atoms with van der Waals surface area (Å²) in [6.07, 6.45) is 0. The smallest absolute Gasteiger partial charge is 0.164 e. The minimum absolute atomic E-state index is 0.197. The molecule has 7 heteroatoms. The molecular formula is C133H84N6O. The van der Waals surface area contributed by atoms with Crippen LogP contribution in [0.4, 0.5) is 0 Å². The van der Waals surface area contributed by atoms with Gasteiger partial charge in [-0.1, -0.05) is 461 Å². The van der Waals surface area contributed by atoms with Gasteiger partial charge in [-0.3, -0.25) is 0 Å². The summed E-state index contributed by atoms with van der Waals surface area (Å²) in [6.45, 7) is 2.16. The molecule has 4 aromatic heterocycles. The Morgan fingerprint density at radius 2 is 0.407 bits per heavy atom. The van der Waals surface area contributed by atoms with Gasteiger partial charge in [-0.05, 0) is 173 Å². The van der Waals surface area contributed by atoms with Crippen LogP contribution in [-0.2, 0) is 0 Å². The van der Waals surface area contributed by atoms with Crippen molar-refractivity contribution in [3.8, 4) is 118 Å². The first-order valence-corrected chi connectivity index (χ1v) is 47.7. The van der Waals surface area contributed by atoms with Gasteiger partial charge in [0.25, 0.3) is 0 Å². The molecule has 28 aromatic rings. The van der Waals surface area contributed by atoms with Crippen molar-refractivity contribution in [1.82, 2.24) is 29.9 Å². The Morgan fingerprint density at radius 1 is 0.150 bits per heavy atom. The highest BCUT2D eigenvalue weighted by molar-refractivity contribution is 6.27. The molecule has 0 fully saturated rings. The van der Waals surface area contributed by atoms with Gasteiger partial charge in [0.2, 0.25) is 0 Å². The minimum Gasteiger partial charge on any atom is -0.506 e. The summed E-state index contributed by atoms with van der Waals surface area (Å²) in [5.74, 6) is 2.10. The number of aromatic hydroxyl groups is 1. The molecule has 140 heavy (non-hydrogen) atoms. The third-order valence-electron chi connectivity index (χ3n) is 28.2. The minimum atomic E-state index is 0.197. The van der Waals surface area contributed by atoms with Crippen LogP contribution in [0.1, 0.15) is 5.56 Å². The second kappa shape index (κ2) is 34.4. The number of pyridine rings is 3. The molecule has 0 unspecified atom stereocenters. The molecular weight excluding hydrogens is 1700 g/mol. The van der Waals surface area contributed by atoms with Crippen molar-refractivity contribution in [1.29, 1.82) is 0 Å². The van der Waals surface area contributed by atoms with E-state index in [-0.39, 0.29) is 5.75 Å². The van der Waals surface area contributed by atoms with Crippen LogP contribution in [-0.4, -0.2) is 35.0 Å². The summed E-state index contributed by atoms with van der Waals surface area (Å²) in [5.41, 5.74) is 22.1. The number of hydrogen-bond acceptors (Lipinski definition) is 7. The van der Waals surface area contributed by atoms with Gasteiger partial charge < -0.3 is 5.11 Å². The predicted octanol–water partition coefficient (Wildman–Crippen LogP) is 35.4. The van der Waals surface area contributed by atoms with E-state index < -0.39 is 0 Å². The molecule has 0 atom stereocenters. The lowest BCUT2D eigenvalue weighted by molar-refractivity contribution is 0.480. The summed E-state index contributed by atoms with van der Waals surface area (Å²) in [5, 5.41) is 43.5. The lowest BCUT2D eigenvalue weighted by Gasteiger charge is -2.16. The molecule has 28 rings (SSSR count). The fourth-order valence-corrected chi connectivity index (χ4v) is 21.5. The Kier molecular flexibility index (Phi) is 20.2. The number of aryl methyl sites for hydroxylation is 1. The maximum Gasteiger partial charge on any atom is 0.164 e. The van der Waals surface area contributed by atoms with Gasteiger partial charge in [0.05, 0.1) is 28.1 Å². The summed E-state index contributed by atoms with van der Waals surface area (Å²) >= 11 is 0. The van der Waals surface area contributed by atoms with Crippen molar-refractivity contribution in [3.63, 3.8) is 0 Å². The number of benzene rings is 24. The quantitative estimate of drug-likeness (QED) is 0.136. The standard InChI is InChI=1S/C58H36N4.C38H25N.C37H23NO/c1-3-15-41(16-4-1)56-60-57(42-17-5-2-6-18-42)62-58(61-56)43-32-28-38(29-33-43)47-24-13-25-50-53-46-21-10-7-14-37(46)34-35-51(53)54(59-55(47)50)40-30-26-39(27-31-40)52-36-44-19-8-9-20-45(44)48-22-11-12-23-49(48)52;1-24-9-8-16-33-36-30-13-5-2-10-25(30)21-22-34(36)38(39-37(24)33)27-19-17-26(18-20-27)35-23-28-11-3-4-12-29(28)31-14-6-7-15-32(31)35;39-34-15-7-14-31-35-28-11-4-1-8-23(28)20-21-32(35)36(38-37(31)34)25-18-16-24(17-19-25)33-22-26-9-2-3-10-27(26)29-12-5-6-13-30(29)33/h1-36H;2-23H,1H3;1-22,39H. The predicted molar refractivity (Wildman–Crippen MR) is 589 cm³/mol. The molecule has 0 saturated carbocycles. The third kappa shape index (κ3) is 14.4. The summed E-state index contributed by atoms with van der Waals surface area (Å²) < 4.78 is 0. The highest BCUT2D eigenvalue weighted by atomic mass is 16.3. The van der Waals surface area contributed by atoms with Gasteiger partial charge in [-0.2, -0.15) is 0 Å². The van der Waals surface area contributed by atoms with Crippen molar-refractivity contribution in [3.05, 3.63) is 491 Å². The first kappa shape index (κ1) is 82.1. The highest BCUT2D eigenvalue weighted by Gasteiger charge is 2.24. The van der Waals surface area contributed by atoms with E-state index in [0.29, 0.717) is 23.0 Å². The molecule has 24 aromatic carbocycles. The average Bonchev–Trinajstić information content (AvgIpc) is 0.736. The summed E-state index contributed by atoms with van der Waals surface area (Å²) in [4.78, 5) is 30.7. The zero-order valence-corrected chi connectivity index (χ0v) is 76.3. The van der Waals surface area contributed by atoms with Crippen LogP contribution in [0.5, 0.6) is 5.75 Å². The fraction of sp³-hybridized carbons (Fsp3) is 0.00752. The number of fused-ring (bicyclic) bond motifs is 24. The van der Waals surface area contributed by atoms with E-state index in [1.807, 2.05) is 66.7 Å². The number of rotatable bonds is 10. The molecule has 7 nitrogen and oxygen atoms in total. The Balaban J connectivity index is 0.000000113. The van der Waals surface area contributed by atoms with Crippen LogP contribution in [0.2, 0.25) is 0 Å². The molecule has 0 amide bonds. The summed E-state index contributed by atoms with van der Waals surface area (Å²) in [7, 11) is 0. The van der Waals surface area contributed by atoms with Crippen molar-refractivity contribution < 1.29 is 5.11 Å². The zero-order valence-electron chi connectivity index (χ0n) is 76.3. The van der Waals surface area contributed by atoms with Gasteiger partial charge in [0.1, 0.15) is 11.3 Å². The van der Waals surface area contributed by atoms with Crippen LogP contribution < -0.4 is 0 Å². The molecule has 4 heterocycles. The number of hydrogen-bond donors (Lipinski definition) is 1. The van der Waals surface area contributed by atoms with Gasteiger partial charge in [-0.25, -0.2) is 29.9 Å². The second-order valence-corrected chi connectivity index (χ2v) is 36.3. The van der Waals surface area contributed by atoms with Crippen molar-refractivity contribution >= 4 is 162 Å². The van der Waals surface area contributed by atoms with E-state index in [4.69, 9.17) is 29.9 Å². The average molecular weight is 1780 g/mol. The normalized spacial score (nSPS) is 11.6. The second-order valence-electron chi connectivity index (χ2n) is 36.3. The lowest BCUT2D eigenvalue weighted by Crippen LogP contribution is -2.00. The molecule has 652 valence electrons. The van der Waals surface area contributed by atoms with Crippen molar-refractivity contribution in [2.45, 2.75) is 6.92 Å². The molecule has 0 radical (unpaired) electrons. The van der Waals surface area contributed by atoms with E-state index in [9.17, 15) is 5.11 Å². The molecule has 0 saturated heterocycles. The lowest BCUT2D eigenvalue weighted by atomic mass is 9.91. The number of phenolic OH excluding ortho intramolecular Hbond substituents is 1. The summed E-state index contributed by atoms with van der Waals surface area (Å²) in [6, 6.07) is 172. The highest BCUT2D eigenvalue weighted by Crippen LogP contribution is 2.48. The molecule has 0 aliphatic carbocycles. The van der Waals surface area contributed by atoms with Crippen LogP contribution in [0.25, 0.3) is 274 Å². The first-order valence-electron chi connectivity index (χ1n) is 47.7. The molecule has 0 bridgehead atoms. The topological polar surface area (TPSA) is 97.6 Å². The molecule has 0 spiro atoms. The van der Waals surface area contributed by atoms with Crippen molar-refractivity contribution in [2.24, 2.45) is 0 Å². The van der Waals surface area contributed by atoms with E-state index in [1.165, 1.54) is 152 Å². The molecule has 0 aliphatic rings. The first-order chi connectivity index (χ1) is 69.2. The van der Waals surface area contributed by atoms with Gasteiger partial charge in [0.15, 0.2) is 17.5 Å². The molecule has 1 N–H and O–H groups in total. The monoisotopic (exact) mass is 1780 g/mol. The van der Waals surface area contributed by atoms with Gasteiger partial charge >= 0.3 is 0 Å². The third-order valence-corrected chi connectivity index (χ3v) is 28.2. The van der Waals surface area contributed by atoms with E-state index in [1.54, 1.807) is 6.07 Å². The Morgan fingerprint density at radius 3 is 0.786 bits per heavy atom. The Hall–Kier alpha value is -18.6. The Bertz CT molecular complexity index is 9500. The largest absolute Gasteiger partial charge is 0.506 e. The number of nitrogens with zero attached hydrogens (tertiary/aromatic N) is 6. The maximum atomic E-state index is 10.8. The van der Waals surface area contributed by atoms with Gasteiger partial charge in [-0.15, -0.1) is 0 Å². The fourth-order valence-electron chi connectivity index (χ4n) is 21.5. The zero-order chi connectivity index (χ0) is 92.8. The maximum absolute atomic E-state index is 10.8. The molecule has 0 aliphatic heterocycles. The van der Waals surface area contributed by atoms with Crippen molar-refractivity contribution in [2.75, 3.05) is 0 Å². The van der Waals surface area contributed by atoms with E-state index in [0.717, 1.165) is 105 Å². The van der Waals surface area contributed by atoms with Crippen LogP contribution in [0, 0.1) is 6.92 Å². The van der Waals surface area contributed by atoms with E-state index in [2.05, 4.69) is 419 Å². The number of aromatic nitrogens is 6. The van der Waals surface area contributed by atoms with Crippen LogP contribution >= 0.6 is 0 Å². The van der Waals surface area contributed by atoms with Gasteiger partial charge in [0, 0.05) is 87.4 Å². The number of para-hydroxylation sites is 3.